The molecule has 1 saturated heterocycles. The van der Waals surface area contributed by atoms with Crippen LogP contribution in [0.25, 0.3) is 11.0 Å². The second-order valence-corrected chi connectivity index (χ2v) is 12.4. The van der Waals surface area contributed by atoms with Gasteiger partial charge in [-0.15, -0.1) is 0 Å². The van der Waals surface area contributed by atoms with E-state index in [4.69, 9.17) is 23.4 Å². The van der Waals surface area contributed by atoms with Crippen molar-refractivity contribution < 1.29 is 48.3 Å². The largest absolute Gasteiger partial charge is 0.493 e. The molecule has 254 valence electrons. The summed E-state index contributed by atoms with van der Waals surface area (Å²) in [5.41, 5.74) is 1.33. The van der Waals surface area contributed by atoms with Gasteiger partial charge >= 0.3 is 0 Å². The number of furan rings is 1. The number of para-hydroxylation sites is 1. The minimum atomic E-state index is -1.27. The van der Waals surface area contributed by atoms with Gasteiger partial charge < -0.3 is 48.9 Å². The van der Waals surface area contributed by atoms with Crippen LogP contribution in [0, 0.1) is 3.57 Å². The minimum absolute atomic E-state index is 0.0222. The molecule has 5 rings (SSSR count). The lowest BCUT2D eigenvalue weighted by atomic mass is 9.88. The maximum Gasteiger partial charge on any atom is 0.290 e. The summed E-state index contributed by atoms with van der Waals surface area (Å²) in [6.45, 7) is 2.83. The number of aliphatic hydroxyl groups is 3. The van der Waals surface area contributed by atoms with E-state index in [1.165, 1.54) is 14.2 Å². The normalized spacial score (nSPS) is 20.0. The number of aliphatic hydroxyl groups excluding tert-OH is 3. The van der Waals surface area contributed by atoms with Crippen molar-refractivity contribution in [2.75, 3.05) is 66.8 Å². The lowest BCUT2D eigenvalue weighted by Crippen LogP contribution is -2.56. The van der Waals surface area contributed by atoms with Crippen molar-refractivity contribution >= 4 is 45.4 Å². The number of ether oxygens (including phenoxy) is 4. The maximum atomic E-state index is 14.4. The quantitative estimate of drug-likeness (QED) is 0.188. The SMILES string of the molecule is COc1cc(CO)cc(I)c1O[C@H]1C=C(C(=O)NCCO)C[C@@H](N(CCN2CCOCC2)C(=O)c2cc3cccc(OC)c3o2)[C@@H]1O. The topological polar surface area (TPSA) is 163 Å². The van der Waals surface area contributed by atoms with E-state index >= 15 is 0 Å². The number of carbonyl (C=O) groups excluding carboxylic acids is 2. The maximum absolute atomic E-state index is 14.4. The van der Waals surface area contributed by atoms with Crippen molar-refractivity contribution in [3.8, 4) is 17.2 Å². The first kappa shape index (κ1) is 34.9. The fraction of sp³-hybridized carbons (Fsp3) is 0.455. The second kappa shape index (κ2) is 16.1. The zero-order chi connectivity index (χ0) is 33.5. The molecule has 14 heteroatoms. The Labute approximate surface area is 286 Å². The molecule has 13 nitrogen and oxygen atoms in total. The number of nitrogens with one attached hydrogen (secondary N) is 1. The molecule has 2 aromatic carbocycles. The first-order valence-corrected chi connectivity index (χ1v) is 16.4. The highest BCUT2D eigenvalue weighted by molar-refractivity contribution is 14.1. The number of hydrogen-bond acceptors (Lipinski definition) is 11. The Kier molecular flexibility index (Phi) is 12.0. The van der Waals surface area contributed by atoms with Crippen molar-refractivity contribution in [3.63, 3.8) is 0 Å². The first-order chi connectivity index (χ1) is 22.8. The fourth-order valence-electron chi connectivity index (χ4n) is 5.83. The van der Waals surface area contributed by atoms with Gasteiger partial charge in [-0.2, -0.15) is 0 Å². The van der Waals surface area contributed by atoms with Crippen molar-refractivity contribution in [2.24, 2.45) is 0 Å². The number of nitrogens with zero attached hydrogens (tertiary/aromatic N) is 2. The van der Waals surface area contributed by atoms with E-state index in [1.54, 1.807) is 41.3 Å². The van der Waals surface area contributed by atoms with Gasteiger partial charge in [-0.1, -0.05) is 12.1 Å². The molecular weight excluding hydrogens is 725 g/mol. The van der Waals surface area contributed by atoms with Gasteiger partial charge in [0.15, 0.2) is 28.6 Å². The molecule has 0 spiro atoms. The summed E-state index contributed by atoms with van der Waals surface area (Å²) in [5.74, 6) is 0.289. The number of amides is 2. The molecule has 1 aliphatic carbocycles. The third kappa shape index (κ3) is 8.01. The Morgan fingerprint density at radius 2 is 1.87 bits per heavy atom. The van der Waals surface area contributed by atoms with Crippen LogP contribution in [0.2, 0.25) is 0 Å². The molecule has 47 heavy (non-hydrogen) atoms. The summed E-state index contributed by atoms with van der Waals surface area (Å²) in [5, 5.41) is 34.3. The van der Waals surface area contributed by atoms with E-state index in [9.17, 15) is 24.9 Å². The van der Waals surface area contributed by atoms with Gasteiger partial charge in [0.25, 0.3) is 5.91 Å². The number of benzene rings is 2. The molecule has 2 amide bonds. The summed E-state index contributed by atoms with van der Waals surface area (Å²) in [6, 6.07) is 9.48. The summed E-state index contributed by atoms with van der Waals surface area (Å²) in [6.07, 6.45) is -0.774. The van der Waals surface area contributed by atoms with Gasteiger partial charge in [-0.3, -0.25) is 14.5 Å². The van der Waals surface area contributed by atoms with Gasteiger partial charge in [-0.25, -0.2) is 0 Å². The average Bonchev–Trinajstić information content (AvgIpc) is 3.54. The molecule has 1 aliphatic heterocycles. The van der Waals surface area contributed by atoms with E-state index in [0.717, 1.165) is 0 Å². The van der Waals surface area contributed by atoms with Crippen LogP contribution in [0.1, 0.15) is 22.5 Å². The highest BCUT2D eigenvalue weighted by Crippen LogP contribution is 2.38. The van der Waals surface area contributed by atoms with E-state index in [0.29, 0.717) is 70.2 Å². The van der Waals surface area contributed by atoms with E-state index < -0.39 is 30.1 Å². The monoisotopic (exact) mass is 765 g/mol. The van der Waals surface area contributed by atoms with Crippen LogP contribution in [0.15, 0.2) is 52.5 Å². The molecule has 3 atom stereocenters. The van der Waals surface area contributed by atoms with E-state index in [-0.39, 0.29) is 44.1 Å². The number of carbonyl (C=O) groups is 2. The van der Waals surface area contributed by atoms with Crippen LogP contribution < -0.4 is 19.5 Å². The first-order valence-electron chi connectivity index (χ1n) is 15.4. The molecule has 3 aromatic rings. The molecule has 1 fully saturated rings. The summed E-state index contributed by atoms with van der Waals surface area (Å²) in [7, 11) is 2.99. The molecule has 2 aliphatic rings. The molecule has 1 aromatic heterocycles. The predicted molar refractivity (Wildman–Crippen MR) is 180 cm³/mol. The summed E-state index contributed by atoms with van der Waals surface area (Å²) in [4.78, 5) is 31.4. The number of fused-ring (bicyclic) bond motifs is 1. The number of halogens is 1. The van der Waals surface area contributed by atoms with Crippen LogP contribution in [-0.4, -0.2) is 122 Å². The zero-order valence-electron chi connectivity index (χ0n) is 26.3. The number of hydrogen-bond donors (Lipinski definition) is 4. The number of rotatable bonds is 13. The predicted octanol–water partition coefficient (Wildman–Crippen LogP) is 1.94. The Morgan fingerprint density at radius 3 is 2.57 bits per heavy atom. The fourth-order valence-corrected chi connectivity index (χ4v) is 6.62. The Balaban J connectivity index is 1.53. The lowest BCUT2D eigenvalue weighted by Gasteiger charge is -2.41. The third-order valence-electron chi connectivity index (χ3n) is 8.30. The smallest absolute Gasteiger partial charge is 0.290 e. The van der Waals surface area contributed by atoms with Crippen LogP contribution in [0.5, 0.6) is 17.2 Å². The summed E-state index contributed by atoms with van der Waals surface area (Å²) < 4.78 is 29.5. The molecule has 4 N–H and O–H groups in total. The van der Waals surface area contributed by atoms with Gasteiger partial charge in [0.1, 0.15) is 12.2 Å². The van der Waals surface area contributed by atoms with Gasteiger partial charge in [-0.05, 0) is 58.5 Å². The van der Waals surface area contributed by atoms with E-state index in [2.05, 4.69) is 32.8 Å². The molecule has 2 heterocycles. The Bertz CT molecular complexity index is 1590. The molecule has 0 bridgehead atoms. The Hall–Kier alpha value is -3.41. The average molecular weight is 766 g/mol. The van der Waals surface area contributed by atoms with Crippen LogP contribution in [0.4, 0.5) is 0 Å². The van der Waals surface area contributed by atoms with Crippen molar-refractivity contribution in [3.05, 3.63) is 62.9 Å². The highest BCUT2D eigenvalue weighted by atomic mass is 127. The standard InChI is InChI=1S/C33H40IN3O10/c1-43-25-5-3-4-21-17-28(47-30(21)25)33(42)37(8-7-36-9-12-45-13-10-36)24-16-22(32(41)35-6-11-38)18-26(29(24)40)46-31-23(34)14-20(19-39)15-27(31)44-2/h3-5,14-15,17-18,24,26,29,38-40H,6-13,16,19H2,1-2H3,(H,35,41)/t24-,26+,29+/m1/s1. The second-order valence-electron chi connectivity index (χ2n) is 11.2. The minimum Gasteiger partial charge on any atom is -0.493 e. The number of morpholine rings is 1. The zero-order valence-corrected chi connectivity index (χ0v) is 28.5. The Morgan fingerprint density at radius 1 is 1.11 bits per heavy atom. The van der Waals surface area contributed by atoms with Crippen LogP contribution in [-0.2, 0) is 16.1 Å². The van der Waals surface area contributed by atoms with Crippen molar-refractivity contribution in [2.45, 2.75) is 31.3 Å². The lowest BCUT2D eigenvalue weighted by molar-refractivity contribution is -0.118. The van der Waals surface area contributed by atoms with Gasteiger partial charge in [0, 0.05) is 50.1 Å². The molecule has 0 radical (unpaired) electrons. The van der Waals surface area contributed by atoms with Gasteiger partial charge in [0.2, 0.25) is 5.91 Å². The molecule has 0 unspecified atom stereocenters. The van der Waals surface area contributed by atoms with Gasteiger partial charge in [0.05, 0.1) is 50.3 Å². The summed E-state index contributed by atoms with van der Waals surface area (Å²) >= 11 is 2.06. The highest BCUT2D eigenvalue weighted by Gasteiger charge is 2.42. The van der Waals surface area contributed by atoms with Crippen molar-refractivity contribution in [1.29, 1.82) is 0 Å². The number of methoxy groups -OCH3 is 2. The third-order valence-corrected chi connectivity index (χ3v) is 9.10. The van der Waals surface area contributed by atoms with Crippen LogP contribution >= 0.6 is 22.6 Å². The van der Waals surface area contributed by atoms with E-state index in [1.807, 2.05) is 6.07 Å². The molecular formula is C33H40IN3O10. The van der Waals surface area contributed by atoms with Crippen molar-refractivity contribution in [1.82, 2.24) is 15.1 Å². The van der Waals surface area contributed by atoms with Crippen LogP contribution in [0.3, 0.4) is 0 Å². The molecule has 0 saturated carbocycles.